The Kier molecular flexibility index (Phi) is 2.72. The van der Waals surface area contributed by atoms with Gasteiger partial charge in [-0.1, -0.05) is 0 Å². The van der Waals surface area contributed by atoms with Crippen LogP contribution in [0.25, 0.3) is 0 Å². The summed E-state index contributed by atoms with van der Waals surface area (Å²) in [5, 5.41) is 20.2. The molecule has 0 saturated carbocycles. The summed E-state index contributed by atoms with van der Waals surface area (Å²) in [6, 6.07) is 3.38. The van der Waals surface area contributed by atoms with Gasteiger partial charge < -0.3 is 14.9 Å². The molecule has 0 spiro atoms. The van der Waals surface area contributed by atoms with Gasteiger partial charge >= 0.3 is 0 Å². The van der Waals surface area contributed by atoms with Gasteiger partial charge in [-0.05, 0) is 18.9 Å². The van der Waals surface area contributed by atoms with Crippen molar-refractivity contribution in [1.82, 2.24) is 4.90 Å². The predicted molar refractivity (Wildman–Crippen MR) is 67.5 cm³/mol. The number of fused-ring (bicyclic) bond motifs is 2. The van der Waals surface area contributed by atoms with E-state index in [1.54, 1.807) is 6.07 Å². The van der Waals surface area contributed by atoms with Crippen molar-refractivity contribution in [3.05, 3.63) is 17.7 Å². The van der Waals surface area contributed by atoms with E-state index in [0.717, 1.165) is 19.4 Å². The lowest BCUT2D eigenvalue weighted by Gasteiger charge is -2.26. The topological polar surface area (TPSA) is 65.3 Å². The number of phenolic OH excluding ortho intramolecular Hbond substituents is 1. The monoisotopic (exact) mass is 248 g/mol. The molecule has 0 aromatic heterocycles. The number of nitrogens with zero attached hydrogens (tertiary/aromatic N) is 2. The highest BCUT2D eigenvalue weighted by Crippen LogP contribution is 2.41. The molecule has 5 nitrogen and oxygen atoms in total. The Balaban J connectivity index is 2.09. The van der Waals surface area contributed by atoms with E-state index in [4.69, 9.17) is 4.74 Å². The molecule has 2 N–H and O–H groups in total. The van der Waals surface area contributed by atoms with E-state index in [1.807, 2.05) is 11.1 Å². The number of hydrogen-bond acceptors (Lipinski definition) is 5. The zero-order chi connectivity index (χ0) is 12.7. The minimum Gasteiger partial charge on any atom is -0.504 e. The van der Waals surface area contributed by atoms with Crippen molar-refractivity contribution in [3.8, 4) is 11.5 Å². The maximum atomic E-state index is 10.4. The van der Waals surface area contributed by atoms with Gasteiger partial charge in [-0.3, -0.25) is 9.89 Å². The van der Waals surface area contributed by atoms with Gasteiger partial charge in [0, 0.05) is 30.4 Å². The number of methoxy groups -OCH3 is 1. The quantitative estimate of drug-likeness (QED) is 0.791. The standard InChI is InChI=1S/C13H16N2O3/c1-18-12-5-9-10(6-11(12)16)14-7-8-3-2-4-15(8)13(9)17/h5-8,13,16-17H,2-4H2,1H3/t8-,13?/m0/s1. The largest absolute Gasteiger partial charge is 0.504 e. The van der Waals surface area contributed by atoms with Gasteiger partial charge in [-0.25, -0.2) is 0 Å². The lowest BCUT2D eigenvalue weighted by molar-refractivity contribution is 0.00964. The minimum absolute atomic E-state index is 0.0441. The molecule has 0 amide bonds. The van der Waals surface area contributed by atoms with E-state index in [-0.39, 0.29) is 11.8 Å². The van der Waals surface area contributed by atoms with E-state index in [9.17, 15) is 10.2 Å². The Hall–Kier alpha value is -1.59. The fourth-order valence-corrected chi connectivity index (χ4v) is 2.68. The molecule has 1 aromatic carbocycles. The first-order valence-corrected chi connectivity index (χ1v) is 6.09. The number of rotatable bonds is 1. The third kappa shape index (κ3) is 1.67. The molecule has 1 fully saturated rings. The first-order valence-electron chi connectivity index (χ1n) is 6.09. The van der Waals surface area contributed by atoms with Crippen LogP contribution in [0.4, 0.5) is 5.69 Å². The van der Waals surface area contributed by atoms with E-state index < -0.39 is 6.23 Å². The molecule has 2 heterocycles. The molecular formula is C13H16N2O3. The highest BCUT2D eigenvalue weighted by molar-refractivity contribution is 5.73. The van der Waals surface area contributed by atoms with Crippen molar-refractivity contribution in [2.24, 2.45) is 4.99 Å². The second-order valence-electron chi connectivity index (χ2n) is 4.68. The smallest absolute Gasteiger partial charge is 0.161 e. The lowest BCUT2D eigenvalue weighted by atomic mass is 10.1. The second-order valence-corrected chi connectivity index (χ2v) is 4.68. The van der Waals surface area contributed by atoms with Gasteiger partial charge in [-0.15, -0.1) is 0 Å². The Bertz CT molecular complexity index is 501. The number of aliphatic imine (C=N–C) groups is 1. The van der Waals surface area contributed by atoms with E-state index in [2.05, 4.69) is 4.99 Å². The highest BCUT2D eigenvalue weighted by atomic mass is 16.5. The molecule has 18 heavy (non-hydrogen) atoms. The van der Waals surface area contributed by atoms with Crippen molar-refractivity contribution >= 4 is 11.9 Å². The van der Waals surface area contributed by atoms with Crippen LogP contribution in [0.2, 0.25) is 0 Å². The zero-order valence-corrected chi connectivity index (χ0v) is 10.2. The fraction of sp³-hybridized carbons (Fsp3) is 0.462. The van der Waals surface area contributed by atoms with Crippen LogP contribution < -0.4 is 4.74 Å². The fourth-order valence-electron chi connectivity index (χ4n) is 2.68. The molecule has 96 valence electrons. The van der Waals surface area contributed by atoms with Crippen LogP contribution in [0.15, 0.2) is 17.1 Å². The predicted octanol–water partition coefficient (Wildman–Crippen LogP) is 1.57. The van der Waals surface area contributed by atoms with Crippen molar-refractivity contribution in [2.75, 3.05) is 13.7 Å². The van der Waals surface area contributed by atoms with Gasteiger partial charge in [0.25, 0.3) is 0 Å². The third-order valence-electron chi connectivity index (χ3n) is 3.65. The summed E-state index contributed by atoms with van der Waals surface area (Å²) in [6.07, 6.45) is 3.24. The van der Waals surface area contributed by atoms with Crippen LogP contribution in [-0.4, -0.2) is 41.0 Å². The van der Waals surface area contributed by atoms with Gasteiger partial charge in [0.05, 0.1) is 12.8 Å². The Morgan fingerprint density at radius 2 is 2.28 bits per heavy atom. The van der Waals surface area contributed by atoms with Crippen molar-refractivity contribution in [3.63, 3.8) is 0 Å². The number of phenols is 1. The number of hydrogen-bond donors (Lipinski definition) is 2. The molecule has 3 rings (SSSR count). The first-order chi connectivity index (χ1) is 8.70. The zero-order valence-electron chi connectivity index (χ0n) is 10.2. The maximum Gasteiger partial charge on any atom is 0.161 e. The van der Waals surface area contributed by atoms with Crippen molar-refractivity contribution < 1.29 is 14.9 Å². The Labute approximate surface area is 105 Å². The highest BCUT2D eigenvalue weighted by Gasteiger charge is 2.33. The molecule has 2 atom stereocenters. The van der Waals surface area contributed by atoms with Gasteiger partial charge in [-0.2, -0.15) is 0 Å². The molecule has 0 radical (unpaired) electrons. The summed E-state index contributed by atoms with van der Waals surface area (Å²) in [7, 11) is 1.49. The summed E-state index contributed by atoms with van der Waals surface area (Å²) in [6.45, 7) is 0.862. The number of aromatic hydroxyl groups is 1. The molecule has 1 aromatic rings. The summed E-state index contributed by atoms with van der Waals surface area (Å²) in [5.41, 5.74) is 1.29. The summed E-state index contributed by atoms with van der Waals surface area (Å²) >= 11 is 0. The van der Waals surface area contributed by atoms with Gasteiger partial charge in [0.1, 0.15) is 6.23 Å². The van der Waals surface area contributed by atoms with E-state index >= 15 is 0 Å². The average molecular weight is 248 g/mol. The van der Waals surface area contributed by atoms with Crippen LogP contribution in [0.3, 0.4) is 0 Å². The summed E-state index contributed by atoms with van der Waals surface area (Å²) in [5.74, 6) is 0.406. The molecule has 1 unspecified atom stereocenters. The molecular weight excluding hydrogens is 232 g/mol. The summed E-state index contributed by atoms with van der Waals surface area (Å²) < 4.78 is 5.08. The molecule has 2 aliphatic heterocycles. The molecule has 0 aliphatic carbocycles. The number of ether oxygens (including phenoxy) is 1. The van der Waals surface area contributed by atoms with Crippen LogP contribution in [0, 0.1) is 0 Å². The Morgan fingerprint density at radius 1 is 1.44 bits per heavy atom. The third-order valence-corrected chi connectivity index (χ3v) is 3.65. The number of benzene rings is 1. The minimum atomic E-state index is -0.690. The van der Waals surface area contributed by atoms with Crippen molar-refractivity contribution in [1.29, 1.82) is 0 Å². The molecule has 1 saturated heterocycles. The molecule has 5 heteroatoms. The summed E-state index contributed by atoms with van der Waals surface area (Å²) in [4.78, 5) is 6.39. The van der Waals surface area contributed by atoms with Crippen LogP contribution in [0.5, 0.6) is 11.5 Å². The first kappa shape index (κ1) is 11.5. The van der Waals surface area contributed by atoms with E-state index in [1.165, 1.54) is 13.2 Å². The van der Waals surface area contributed by atoms with Crippen LogP contribution in [-0.2, 0) is 0 Å². The lowest BCUT2D eigenvalue weighted by Crippen LogP contribution is -2.33. The van der Waals surface area contributed by atoms with Crippen LogP contribution >= 0.6 is 0 Å². The van der Waals surface area contributed by atoms with Crippen LogP contribution in [0.1, 0.15) is 24.6 Å². The Morgan fingerprint density at radius 3 is 3.06 bits per heavy atom. The van der Waals surface area contributed by atoms with E-state index in [0.29, 0.717) is 17.0 Å². The SMILES string of the molecule is COc1cc2c(cc1O)N=C[C@@H]1CCCN1C2O. The maximum absolute atomic E-state index is 10.4. The molecule has 2 aliphatic rings. The second kappa shape index (κ2) is 4.26. The molecule has 0 bridgehead atoms. The normalized spacial score (nSPS) is 26.6. The van der Waals surface area contributed by atoms with Gasteiger partial charge in [0.15, 0.2) is 11.5 Å². The van der Waals surface area contributed by atoms with Gasteiger partial charge in [0.2, 0.25) is 0 Å². The number of aliphatic hydroxyl groups is 1. The average Bonchev–Trinajstić information content (AvgIpc) is 2.79. The van der Waals surface area contributed by atoms with Crippen molar-refractivity contribution in [2.45, 2.75) is 25.1 Å². The number of aliphatic hydroxyl groups excluding tert-OH is 1.